The van der Waals surface area contributed by atoms with Gasteiger partial charge in [0.05, 0.1) is 23.4 Å². The maximum Gasteiger partial charge on any atom is 0.230 e. The molecule has 0 radical (unpaired) electrons. The number of ether oxygens (including phenoxy) is 1. The second kappa shape index (κ2) is 4.75. The van der Waals surface area contributed by atoms with Gasteiger partial charge in [-0.25, -0.2) is 0 Å². The summed E-state index contributed by atoms with van der Waals surface area (Å²) in [6, 6.07) is 5.61. The molecule has 0 bridgehead atoms. The lowest BCUT2D eigenvalue weighted by Gasteiger charge is -2.15. The highest BCUT2D eigenvalue weighted by Crippen LogP contribution is 2.25. The number of benzene rings is 1. The summed E-state index contributed by atoms with van der Waals surface area (Å²) in [4.78, 5) is 12.0. The van der Waals surface area contributed by atoms with Crippen molar-refractivity contribution in [2.24, 2.45) is 5.92 Å². The number of nitrogens with one attached hydrogen (secondary N) is 1. The van der Waals surface area contributed by atoms with E-state index in [0.29, 0.717) is 18.0 Å². The lowest BCUT2D eigenvalue weighted by atomic mass is 10.0. The Balaban J connectivity index is 2.10. The molecule has 2 atom stereocenters. The maximum absolute atomic E-state index is 12.0. The highest BCUT2D eigenvalue weighted by molar-refractivity contribution is 5.95. The van der Waals surface area contributed by atoms with E-state index in [1.807, 2.05) is 26.0 Å². The van der Waals surface area contributed by atoms with Crippen LogP contribution in [0.3, 0.4) is 0 Å². The van der Waals surface area contributed by atoms with Gasteiger partial charge >= 0.3 is 0 Å². The van der Waals surface area contributed by atoms with Gasteiger partial charge in [0.1, 0.15) is 0 Å². The van der Waals surface area contributed by atoms with Crippen molar-refractivity contribution in [3.05, 3.63) is 23.8 Å². The molecule has 0 aliphatic carbocycles. The van der Waals surface area contributed by atoms with E-state index in [-0.39, 0.29) is 17.9 Å². The SMILES string of the molecule is Cc1ccc(N)c(NC(=O)C2CCOC2C)c1. The van der Waals surface area contributed by atoms with Gasteiger partial charge in [-0.1, -0.05) is 6.07 Å². The Labute approximate surface area is 101 Å². The van der Waals surface area contributed by atoms with Gasteiger partial charge in [0.2, 0.25) is 5.91 Å². The number of carbonyl (C=O) groups is 1. The predicted octanol–water partition coefficient (Wildman–Crippen LogP) is 1.94. The lowest BCUT2D eigenvalue weighted by Crippen LogP contribution is -2.28. The number of nitrogen functional groups attached to an aromatic ring is 1. The van der Waals surface area contributed by atoms with Crippen molar-refractivity contribution in [3.8, 4) is 0 Å². The fourth-order valence-corrected chi connectivity index (χ4v) is 2.08. The second-order valence-corrected chi connectivity index (χ2v) is 4.55. The Morgan fingerprint density at radius 2 is 2.29 bits per heavy atom. The van der Waals surface area contributed by atoms with Crippen molar-refractivity contribution in [2.75, 3.05) is 17.7 Å². The molecule has 3 N–H and O–H groups in total. The molecule has 4 nitrogen and oxygen atoms in total. The number of hydrogen-bond acceptors (Lipinski definition) is 3. The molecule has 0 spiro atoms. The third-order valence-electron chi connectivity index (χ3n) is 3.18. The van der Waals surface area contributed by atoms with E-state index >= 15 is 0 Å². The Morgan fingerprint density at radius 3 is 2.94 bits per heavy atom. The normalized spacial score (nSPS) is 23.6. The molecule has 0 saturated carbocycles. The zero-order chi connectivity index (χ0) is 12.4. The van der Waals surface area contributed by atoms with E-state index in [4.69, 9.17) is 10.5 Å². The number of carbonyl (C=O) groups excluding carboxylic acids is 1. The van der Waals surface area contributed by atoms with E-state index in [1.54, 1.807) is 6.07 Å². The van der Waals surface area contributed by atoms with Crippen LogP contribution in [-0.4, -0.2) is 18.6 Å². The molecule has 1 aromatic carbocycles. The van der Waals surface area contributed by atoms with Gasteiger partial charge in [-0.2, -0.15) is 0 Å². The summed E-state index contributed by atoms with van der Waals surface area (Å²) in [5.41, 5.74) is 8.18. The Hall–Kier alpha value is -1.55. The maximum atomic E-state index is 12.0. The van der Waals surface area contributed by atoms with E-state index in [0.717, 1.165) is 12.0 Å². The van der Waals surface area contributed by atoms with E-state index in [9.17, 15) is 4.79 Å². The number of nitrogens with two attached hydrogens (primary N) is 1. The van der Waals surface area contributed by atoms with Crippen LogP contribution in [0, 0.1) is 12.8 Å². The molecule has 0 aromatic heterocycles. The van der Waals surface area contributed by atoms with E-state index in [2.05, 4.69) is 5.32 Å². The molecule has 1 amide bonds. The molecule has 2 rings (SSSR count). The summed E-state index contributed by atoms with van der Waals surface area (Å²) in [5, 5.41) is 2.88. The van der Waals surface area contributed by atoms with Crippen LogP contribution in [0.5, 0.6) is 0 Å². The van der Waals surface area contributed by atoms with Crippen molar-refractivity contribution in [2.45, 2.75) is 26.4 Å². The van der Waals surface area contributed by atoms with Crippen LogP contribution in [0.2, 0.25) is 0 Å². The third kappa shape index (κ3) is 2.58. The van der Waals surface area contributed by atoms with Crippen LogP contribution in [0.1, 0.15) is 18.9 Å². The summed E-state index contributed by atoms with van der Waals surface area (Å²) in [7, 11) is 0. The molecule has 4 heteroatoms. The first kappa shape index (κ1) is 11.9. The molecule has 1 fully saturated rings. The Kier molecular flexibility index (Phi) is 3.33. The minimum absolute atomic E-state index is 0.00713. The molecular weight excluding hydrogens is 216 g/mol. The smallest absolute Gasteiger partial charge is 0.230 e. The number of amides is 1. The summed E-state index contributed by atoms with van der Waals surface area (Å²) >= 11 is 0. The second-order valence-electron chi connectivity index (χ2n) is 4.55. The van der Waals surface area contributed by atoms with Gasteiger partial charge in [-0.3, -0.25) is 4.79 Å². The third-order valence-corrected chi connectivity index (χ3v) is 3.18. The molecular formula is C13H18N2O2. The highest BCUT2D eigenvalue weighted by atomic mass is 16.5. The number of aryl methyl sites for hydroxylation is 1. The van der Waals surface area contributed by atoms with Gasteiger partial charge in [-0.15, -0.1) is 0 Å². The fraction of sp³-hybridized carbons (Fsp3) is 0.462. The van der Waals surface area contributed by atoms with Gasteiger partial charge < -0.3 is 15.8 Å². The van der Waals surface area contributed by atoms with Crippen molar-refractivity contribution in [3.63, 3.8) is 0 Å². The molecule has 1 aliphatic heterocycles. The average Bonchev–Trinajstić information content (AvgIpc) is 2.70. The van der Waals surface area contributed by atoms with Gasteiger partial charge in [-0.05, 0) is 38.0 Å². The quantitative estimate of drug-likeness (QED) is 0.769. The molecule has 1 aromatic rings. The van der Waals surface area contributed by atoms with Crippen LogP contribution in [0.15, 0.2) is 18.2 Å². The summed E-state index contributed by atoms with van der Waals surface area (Å²) in [6.07, 6.45) is 0.764. The first-order chi connectivity index (χ1) is 8.08. The first-order valence-electron chi connectivity index (χ1n) is 5.86. The number of anilines is 2. The molecule has 2 unspecified atom stereocenters. The van der Waals surface area contributed by atoms with Gasteiger partial charge in [0.15, 0.2) is 0 Å². The number of hydrogen-bond donors (Lipinski definition) is 2. The minimum atomic E-state index is -0.0742. The lowest BCUT2D eigenvalue weighted by molar-refractivity contribution is -0.121. The highest BCUT2D eigenvalue weighted by Gasteiger charge is 2.30. The molecule has 1 aliphatic rings. The van der Waals surface area contributed by atoms with Crippen molar-refractivity contribution >= 4 is 17.3 Å². The standard InChI is InChI=1S/C13H18N2O2/c1-8-3-4-11(14)12(7-8)15-13(16)10-5-6-17-9(10)2/h3-4,7,9-10H,5-6,14H2,1-2H3,(H,15,16). The average molecular weight is 234 g/mol. The van der Waals surface area contributed by atoms with Crippen LogP contribution in [0.25, 0.3) is 0 Å². The molecule has 17 heavy (non-hydrogen) atoms. The Morgan fingerprint density at radius 1 is 1.53 bits per heavy atom. The van der Waals surface area contributed by atoms with Gasteiger partial charge in [0.25, 0.3) is 0 Å². The van der Waals surface area contributed by atoms with Crippen LogP contribution in [0.4, 0.5) is 11.4 Å². The minimum Gasteiger partial charge on any atom is -0.397 e. The summed E-state index contributed by atoms with van der Waals surface area (Å²) < 4.78 is 5.39. The first-order valence-corrected chi connectivity index (χ1v) is 5.86. The summed E-state index contributed by atoms with van der Waals surface area (Å²) in [6.45, 7) is 4.55. The topological polar surface area (TPSA) is 64.3 Å². The van der Waals surface area contributed by atoms with Crippen LogP contribution >= 0.6 is 0 Å². The van der Waals surface area contributed by atoms with Crippen molar-refractivity contribution in [1.82, 2.24) is 0 Å². The largest absolute Gasteiger partial charge is 0.397 e. The monoisotopic (exact) mass is 234 g/mol. The predicted molar refractivity (Wildman–Crippen MR) is 67.7 cm³/mol. The van der Waals surface area contributed by atoms with E-state index < -0.39 is 0 Å². The van der Waals surface area contributed by atoms with Crippen LogP contribution < -0.4 is 11.1 Å². The molecule has 1 saturated heterocycles. The molecule has 1 heterocycles. The Bertz CT molecular complexity index is 431. The van der Waals surface area contributed by atoms with Crippen molar-refractivity contribution in [1.29, 1.82) is 0 Å². The molecule has 92 valence electrons. The summed E-state index contributed by atoms with van der Waals surface area (Å²) in [5.74, 6) is -0.0813. The zero-order valence-corrected chi connectivity index (χ0v) is 10.2. The number of rotatable bonds is 2. The zero-order valence-electron chi connectivity index (χ0n) is 10.2. The van der Waals surface area contributed by atoms with Gasteiger partial charge in [0, 0.05) is 6.61 Å². The fourth-order valence-electron chi connectivity index (χ4n) is 2.08. The van der Waals surface area contributed by atoms with Crippen LogP contribution in [-0.2, 0) is 9.53 Å². The van der Waals surface area contributed by atoms with E-state index in [1.165, 1.54) is 0 Å². The van der Waals surface area contributed by atoms with Crippen molar-refractivity contribution < 1.29 is 9.53 Å².